The first kappa shape index (κ1) is 25.0. The summed E-state index contributed by atoms with van der Waals surface area (Å²) in [5.41, 5.74) is 4.76. The Hall–Kier alpha value is -3.71. The molecule has 5 rings (SSSR count). The lowest BCUT2D eigenvalue weighted by Crippen LogP contribution is -2.46. The second kappa shape index (κ2) is 10.3. The van der Waals surface area contributed by atoms with E-state index in [0.717, 1.165) is 54.1 Å². The van der Waals surface area contributed by atoms with E-state index < -0.39 is 0 Å². The van der Waals surface area contributed by atoms with Crippen LogP contribution in [0.3, 0.4) is 0 Å². The van der Waals surface area contributed by atoms with Gasteiger partial charge in [0.1, 0.15) is 12.1 Å². The zero-order chi connectivity index (χ0) is 26.1. The minimum absolute atomic E-state index is 0.0449. The fraction of sp³-hybridized carbons (Fsp3) is 0.310. The maximum atomic E-state index is 13.7. The minimum atomic E-state index is -0.0542. The Morgan fingerprint density at radius 3 is 2.73 bits per heavy atom. The summed E-state index contributed by atoms with van der Waals surface area (Å²) in [5.74, 6) is 0.800. The van der Waals surface area contributed by atoms with Crippen molar-refractivity contribution in [3.63, 3.8) is 0 Å². The van der Waals surface area contributed by atoms with Crippen molar-refractivity contribution in [2.24, 2.45) is 0 Å². The number of aromatic nitrogens is 3. The Kier molecular flexibility index (Phi) is 6.98. The number of rotatable bonds is 6. The van der Waals surface area contributed by atoms with E-state index in [1.54, 1.807) is 23.2 Å². The molecule has 7 nitrogen and oxygen atoms in total. The van der Waals surface area contributed by atoms with E-state index in [1.165, 1.54) is 0 Å². The van der Waals surface area contributed by atoms with Crippen LogP contribution in [0, 0.1) is 0 Å². The van der Waals surface area contributed by atoms with Gasteiger partial charge >= 0.3 is 0 Å². The maximum Gasteiger partial charge on any atom is 0.255 e. The van der Waals surface area contributed by atoms with Crippen LogP contribution in [0.2, 0.25) is 5.02 Å². The van der Waals surface area contributed by atoms with Crippen LogP contribution in [-0.2, 0) is 13.0 Å². The van der Waals surface area contributed by atoms with Crippen LogP contribution in [0.5, 0.6) is 0 Å². The van der Waals surface area contributed by atoms with Crippen molar-refractivity contribution in [3.8, 4) is 11.3 Å². The number of allylic oxidation sites excluding steroid dienone is 2. The molecule has 0 spiro atoms. The summed E-state index contributed by atoms with van der Waals surface area (Å²) in [6, 6.07) is 9.71. The van der Waals surface area contributed by atoms with Gasteiger partial charge in [0.2, 0.25) is 0 Å². The summed E-state index contributed by atoms with van der Waals surface area (Å²) < 4.78 is 1.59. The summed E-state index contributed by atoms with van der Waals surface area (Å²) in [7, 11) is 1.86. The second-order valence-electron chi connectivity index (χ2n) is 9.72. The van der Waals surface area contributed by atoms with E-state index >= 15 is 0 Å². The fourth-order valence-corrected chi connectivity index (χ4v) is 5.50. The highest BCUT2D eigenvalue weighted by Crippen LogP contribution is 2.30. The number of carbonyl (C=O) groups is 1. The Balaban J connectivity index is 1.32. The number of amides is 1. The van der Waals surface area contributed by atoms with E-state index in [-0.39, 0.29) is 17.5 Å². The zero-order valence-corrected chi connectivity index (χ0v) is 21.9. The highest BCUT2D eigenvalue weighted by Gasteiger charge is 2.30. The van der Waals surface area contributed by atoms with Gasteiger partial charge in [0.25, 0.3) is 11.5 Å². The molecule has 3 heterocycles. The highest BCUT2D eigenvalue weighted by molar-refractivity contribution is 6.33. The van der Waals surface area contributed by atoms with Crippen molar-refractivity contribution in [2.75, 3.05) is 25.0 Å². The smallest absolute Gasteiger partial charge is 0.255 e. The lowest BCUT2D eigenvalue weighted by Gasteiger charge is -2.37. The Morgan fingerprint density at radius 1 is 1.24 bits per heavy atom. The molecule has 1 aliphatic heterocycles. The monoisotopic (exact) mass is 515 g/mol. The number of anilines is 1. The van der Waals surface area contributed by atoms with Crippen LogP contribution in [-0.4, -0.2) is 51.5 Å². The van der Waals surface area contributed by atoms with E-state index in [4.69, 9.17) is 11.6 Å². The van der Waals surface area contributed by atoms with E-state index in [2.05, 4.69) is 21.4 Å². The van der Waals surface area contributed by atoms with Gasteiger partial charge in [-0.1, -0.05) is 47.5 Å². The number of hydrogen-bond donors (Lipinski definition) is 0. The van der Waals surface area contributed by atoms with Gasteiger partial charge in [-0.2, -0.15) is 0 Å². The van der Waals surface area contributed by atoms with Gasteiger partial charge in [-0.05, 0) is 37.8 Å². The predicted molar refractivity (Wildman–Crippen MR) is 148 cm³/mol. The molecule has 190 valence electrons. The SMILES string of the molecule is C=CCn1cc(C(=O)N(C)C2CCN(c3cc(-c4ccccc4Cl)ncn3)CC2)c2c(c1=O)CC(C)=C2. The number of hydrogen-bond acceptors (Lipinski definition) is 5. The molecule has 1 saturated heterocycles. The van der Waals surface area contributed by atoms with Crippen LogP contribution in [0.1, 0.15) is 41.3 Å². The molecule has 0 bridgehead atoms. The van der Waals surface area contributed by atoms with Gasteiger partial charge in [0.05, 0.1) is 11.3 Å². The van der Waals surface area contributed by atoms with Gasteiger partial charge < -0.3 is 14.4 Å². The van der Waals surface area contributed by atoms with Crippen LogP contribution >= 0.6 is 11.6 Å². The molecule has 1 amide bonds. The average Bonchev–Trinajstić information content (AvgIpc) is 3.32. The lowest BCUT2D eigenvalue weighted by molar-refractivity contribution is 0.0708. The van der Waals surface area contributed by atoms with Gasteiger partial charge in [0, 0.05) is 61.1 Å². The highest BCUT2D eigenvalue weighted by atomic mass is 35.5. The Labute approximate surface area is 221 Å². The quantitative estimate of drug-likeness (QED) is 0.439. The first-order chi connectivity index (χ1) is 17.9. The normalized spacial score (nSPS) is 15.3. The van der Waals surface area contributed by atoms with Crippen LogP contribution in [0.15, 0.2) is 65.9 Å². The molecule has 2 aliphatic rings. The summed E-state index contributed by atoms with van der Waals surface area (Å²) in [4.78, 5) is 39.5. The molecular formula is C29H30ClN5O2. The third-order valence-electron chi connectivity index (χ3n) is 7.28. The molecule has 3 aromatic rings. The molecule has 1 aliphatic carbocycles. The number of carbonyl (C=O) groups excluding carboxylic acids is 1. The third-order valence-corrected chi connectivity index (χ3v) is 7.61. The zero-order valence-electron chi connectivity index (χ0n) is 21.2. The van der Waals surface area contributed by atoms with Crippen molar-refractivity contribution in [3.05, 3.63) is 93.2 Å². The minimum Gasteiger partial charge on any atom is -0.356 e. The third kappa shape index (κ3) is 4.83. The largest absolute Gasteiger partial charge is 0.356 e. The number of nitrogens with zero attached hydrogens (tertiary/aromatic N) is 5. The Bertz CT molecular complexity index is 1450. The number of halogens is 1. The van der Waals surface area contributed by atoms with Crippen molar-refractivity contribution in [1.29, 1.82) is 0 Å². The van der Waals surface area contributed by atoms with Gasteiger partial charge in [-0.3, -0.25) is 9.59 Å². The van der Waals surface area contributed by atoms with Gasteiger partial charge in [-0.25, -0.2) is 9.97 Å². The molecule has 37 heavy (non-hydrogen) atoms. The van der Waals surface area contributed by atoms with Crippen LogP contribution in [0.25, 0.3) is 17.3 Å². The topological polar surface area (TPSA) is 71.3 Å². The van der Waals surface area contributed by atoms with Gasteiger partial charge in [-0.15, -0.1) is 6.58 Å². The van der Waals surface area contributed by atoms with Crippen molar-refractivity contribution >= 4 is 29.4 Å². The first-order valence-electron chi connectivity index (χ1n) is 12.5. The molecule has 0 saturated carbocycles. The summed E-state index contributed by atoms with van der Waals surface area (Å²) >= 11 is 6.37. The predicted octanol–water partition coefficient (Wildman–Crippen LogP) is 4.85. The van der Waals surface area contributed by atoms with E-state index in [1.807, 2.05) is 55.3 Å². The molecule has 1 fully saturated rings. The molecule has 0 radical (unpaired) electrons. The molecule has 1 aromatic carbocycles. The fourth-order valence-electron chi connectivity index (χ4n) is 5.27. The van der Waals surface area contributed by atoms with Crippen molar-refractivity contribution < 1.29 is 4.79 Å². The number of piperidine rings is 1. The average molecular weight is 516 g/mol. The first-order valence-corrected chi connectivity index (χ1v) is 12.9. The summed E-state index contributed by atoms with van der Waals surface area (Å²) in [5, 5.41) is 0.655. The summed E-state index contributed by atoms with van der Waals surface area (Å²) in [6.07, 6.45) is 9.15. The molecule has 8 heteroatoms. The second-order valence-corrected chi connectivity index (χ2v) is 10.1. The van der Waals surface area contributed by atoms with Crippen LogP contribution < -0.4 is 10.5 Å². The standard InChI is InChI=1S/C29H30ClN5O2/c1-4-11-35-17-24(22-14-19(2)15-23(22)29(35)37)28(36)33(3)20-9-12-34(13-10-20)27-16-26(31-18-32-27)21-7-5-6-8-25(21)30/h4-8,14,16-18,20H,1,9-13,15H2,2-3H3. The summed E-state index contributed by atoms with van der Waals surface area (Å²) in [6.45, 7) is 7.68. The lowest BCUT2D eigenvalue weighted by atomic mass is 10.0. The Morgan fingerprint density at radius 2 is 2.00 bits per heavy atom. The number of pyridine rings is 1. The maximum absolute atomic E-state index is 13.7. The molecule has 0 atom stereocenters. The molecule has 2 aromatic heterocycles. The molecular weight excluding hydrogens is 486 g/mol. The van der Waals surface area contributed by atoms with Crippen LogP contribution in [0.4, 0.5) is 5.82 Å². The number of benzene rings is 1. The van der Waals surface area contributed by atoms with Crippen molar-refractivity contribution in [1.82, 2.24) is 19.4 Å². The number of fused-ring (bicyclic) bond motifs is 1. The van der Waals surface area contributed by atoms with Crippen molar-refractivity contribution in [2.45, 2.75) is 38.8 Å². The molecule has 0 N–H and O–H groups in total. The van der Waals surface area contributed by atoms with E-state index in [9.17, 15) is 9.59 Å². The van der Waals surface area contributed by atoms with Gasteiger partial charge in [0.15, 0.2) is 0 Å². The van der Waals surface area contributed by atoms with E-state index in [0.29, 0.717) is 29.1 Å². The molecule has 0 unspecified atom stereocenters.